The van der Waals surface area contributed by atoms with Crippen LogP contribution in [0.3, 0.4) is 0 Å². The fraction of sp³-hybridized carbons (Fsp3) is 0.0588. The van der Waals surface area contributed by atoms with Gasteiger partial charge in [-0.25, -0.2) is 14.3 Å². The summed E-state index contributed by atoms with van der Waals surface area (Å²) in [5.74, 6) is -0.880. The summed E-state index contributed by atoms with van der Waals surface area (Å²) in [6.45, 7) is 0. The molecule has 1 aliphatic heterocycles. The summed E-state index contributed by atoms with van der Waals surface area (Å²) in [5.41, 5.74) is 0.524. The highest BCUT2D eigenvalue weighted by atomic mass is 35.5. The second kappa shape index (κ2) is 8.06. The molecule has 9 nitrogen and oxygen atoms in total. The molecule has 0 saturated carbocycles. The fourth-order valence-corrected chi connectivity index (χ4v) is 3.57. The molecule has 0 atom stereocenters. The van der Waals surface area contributed by atoms with Crippen LogP contribution in [0.4, 0.5) is 10.5 Å². The van der Waals surface area contributed by atoms with E-state index in [1.54, 1.807) is 12.1 Å². The van der Waals surface area contributed by atoms with Crippen LogP contribution in [-0.2, 0) is 14.1 Å². The zero-order chi connectivity index (χ0) is 21.3. The van der Waals surface area contributed by atoms with Gasteiger partial charge in [0.05, 0.1) is 22.8 Å². The first kappa shape index (κ1) is 21.2. The Morgan fingerprint density at radius 2 is 1.69 bits per heavy atom. The number of halogens is 2. The number of rotatable bonds is 5. The van der Waals surface area contributed by atoms with E-state index in [0.717, 1.165) is 4.90 Å². The lowest BCUT2D eigenvalue weighted by molar-refractivity contribution is -0.114. The van der Waals surface area contributed by atoms with Crippen LogP contribution in [0.2, 0.25) is 10.0 Å². The molecule has 0 unspecified atom stereocenters. The number of hydrogen-bond donors (Lipinski definition) is 2. The summed E-state index contributed by atoms with van der Waals surface area (Å²) < 4.78 is 25.5. The normalized spacial score (nSPS) is 15.6. The van der Waals surface area contributed by atoms with Crippen molar-refractivity contribution in [2.24, 2.45) is 0 Å². The largest absolute Gasteiger partial charge is 0.524 e. The molecule has 1 saturated heterocycles. The van der Waals surface area contributed by atoms with E-state index >= 15 is 0 Å². The van der Waals surface area contributed by atoms with Crippen LogP contribution in [0.25, 0.3) is 6.08 Å². The minimum Gasteiger partial charge on any atom is -0.497 e. The molecule has 2 aromatic carbocycles. The Labute approximate surface area is 174 Å². The lowest BCUT2D eigenvalue weighted by Gasteiger charge is -2.11. The molecule has 12 heteroatoms. The average Bonchev–Trinajstić information content (AvgIpc) is 2.91. The van der Waals surface area contributed by atoms with Gasteiger partial charge < -0.3 is 14.0 Å². The summed E-state index contributed by atoms with van der Waals surface area (Å²) in [4.78, 5) is 43.4. The molecule has 2 amide bonds. The number of hydrogen-bond acceptors (Lipinski definition) is 6. The standard InChI is InChI=1S/C17H12Cl2NO8P/c1-26-11-4-2-10(3-5-11)20-16(21)14(27-17(20)22)8-9-6-12(18)15(13(19)7-9)28-29(23,24)25/h2-8H,1H3,(H2,23,24,25)/b14-8-. The van der Waals surface area contributed by atoms with Crippen LogP contribution in [-0.4, -0.2) is 28.9 Å². The molecule has 1 aliphatic rings. The second-order valence-corrected chi connectivity index (χ2v) is 7.59. The predicted molar refractivity (Wildman–Crippen MR) is 104 cm³/mol. The van der Waals surface area contributed by atoms with Gasteiger partial charge in [0.1, 0.15) is 5.75 Å². The number of methoxy groups -OCH3 is 1. The molecule has 0 bridgehead atoms. The Bertz CT molecular complexity index is 1040. The van der Waals surface area contributed by atoms with Gasteiger partial charge in [0.25, 0.3) is 0 Å². The number of phosphoric ester groups is 1. The van der Waals surface area contributed by atoms with Crippen molar-refractivity contribution >= 4 is 54.8 Å². The van der Waals surface area contributed by atoms with Crippen molar-refractivity contribution in [1.29, 1.82) is 0 Å². The van der Waals surface area contributed by atoms with Crippen LogP contribution in [0.5, 0.6) is 11.5 Å². The maximum absolute atomic E-state index is 12.6. The van der Waals surface area contributed by atoms with Crippen LogP contribution in [0.1, 0.15) is 5.56 Å². The molecule has 1 heterocycles. The highest BCUT2D eigenvalue weighted by Crippen LogP contribution is 2.45. The van der Waals surface area contributed by atoms with Gasteiger partial charge in [-0.3, -0.25) is 14.6 Å². The van der Waals surface area contributed by atoms with Crippen molar-refractivity contribution < 1.29 is 37.9 Å². The highest BCUT2D eigenvalue weighted by molar-refractivity contribution is 7.46. The molecule has 29 heavy (non-hydrogen) atoms. The van der Waals surface area contributed by atoms with Gasteiger partial charge in [0.15, 0.2) is 11.5 Å². The van der Waals surface area contributed by atoms with Crippen LogP contribution in [0, 0.1) is 0 Å². The van der Waals surface area contributed by atoms with E-state index in [1.807, 2.05) is 0 Å². The van der Waals surface area contributed by atoms with Crippen molar-refractivity contribution in [2.45, 2.75) is 0 Å². The predicted octanol–water partition coefficient (Wildman–Crippen LogP) is 4.00. The van der Waals surface area contributed by atoms with Crippen molar-refractivity contribution in [2.75, 3.05) is 12.0 Å². The number of nitrogens with zero attached hydrogens (tertiary/aromatic N) is 1. The van der Waals surface area contributed by atoms with Crippen LogP contribution >= 0.6 is 31.0 Å². The van der Waals surface area contributed by atoms with E-state index in [1.165, 1.54) is 37.5 Å². The molecule has 0 radical (unpaired) electrons. The maximum atomic E-state index is 12.6. The van der Waals surface area contributed by atoms with Crippen LogP contribution in [0.15, 0.2) is 42.2 Å². The highest BCUT2D eigenvalue weighted by Gasteiger charge is 2.37. The summed E-state index contributed by atoms with van der Waals surface area (Å²) in [6, 6.07) is 8.67. The first-order valence-electron chi connectivity index (χ1n) is 7.75. The van der Waals surface area contributed by atoms with E-state index < -0.39 is 25.6 Å². The number of cyclic esters (lactones) is 1. The summed E-state index contributed by atoms with van der Waals surface area (Å²) in [6.07, 6.45) is 0.313. The third kappa shape index (κ3) is 4.72. The third-order valence-electron chi connectivity index (χ3n) is 3.65. The van der Waals surface area contributed by atoms with Crippen molar-refractivity contribution in [3.05, 3.63) is 57.8 Å². The van der Waals surface area contributed by atoms with E-state index in [-0.39, 0.29) is 27.1 Å². The monoisotopic (exact) mass is 459 g/mol. The average molecular weight is 460 g/mol. The Balaban J connectivity index is 1.90. The lowest BCUT2D eigenvalue weighted by atomic mass is 10.2. The number of ether oxygens (including phenoxy) is 2. The van der Waals surface area contributed by atoms with Gasteiger partial charge >= 0.3 is 19.8 Å². The number of amides is 2. The molecular weight excluding hydrogens is 448 g/mol. The number of phosphoric acid groups is 1. The molecule has 152 valence electrons. The van der Waals surface area contributed by atoms with Gasteiger partial charge in [-0.1, -0.05) is 23.2 Å². The van der Waals surface area contributed by atoms with Crippen molar-refractivity contribution in [3.63, 3.8) is 0 Å². The first-order chi connectivity index (χ1) is 13.6. The number of benzene rings is 2. The molecule has 0 spiro atoms. The molecular formula is C17H12Cl2NO8P. The Morgan fingerprint density at radius 3 is 2.21 bits per heavy atom. The van der Waals surface area contributed by atoms with E-state index in [0.29, 0.717) is 5.75 Å². The molecule has 3 rings (SSSR count). The van der Waals surface area contributed by atoms with E-state index in [9.17, 15) is 14.2 Å². The zero-order valence-electron chi connectivity index (χ0n) is 14.5. The summed E-state index contributed by atoms with van der Waals surface area (Å²) >= 11 is 11.9. The lowest BCUT2D eigenvalue weighted by Crippen LogP contribution is -2.28. The Hall–Kier alpha value is -2.55. The maximum Gasteiger partial charge on any atom is 0.524 e. The van der Waals surface area contributed by atoms with Crippen LogP contribution < -0.4 is 14.2 Å². The van der Waals surface area contributed by atoms with Gasteiger partial charge in [0, 0.05) is 0 Å². The molecule has 1 fully saturated rings. The topological polar surface area (TPSA) is 123 Å². The minimum atomic E-state index is -4.88. The van der Waals surface area contributed by atoms with Crippen molar-refractivity contribution in [1.82, 2.24) is 0 Å². The smallest absolute Gasteiger partial charge is 0.497 e. The molecule has 0 aliphatic carbocycles. The minimum absolute atomic E-state index is 0.212. The van der Waals surface area contributed by atoms with E-state index in [2.05, 4.69) is 4.52 Å². The van der Waals surface area contributed by atoms with Gasteiger partial charge in [-0.15, -0.1) is 0 Å². The molecule has 2 N–H and O–H groups in total. The van der Waals surface area contributed by atoms with E-state index in [4.69, 9.17) is 42.5 Å². The van der Waals surface area contributed by atoms with Crippen molar-refractivity contribution in [3.8, 4) is 11.5 Å². The number of carbonyl (C=O) groups is 2. The first-order valence-corrected chi connectivity index (χ1v) is 10.0. The van der Waals surface area contributed by atoms with Gasteiger partial charge in [0.2, 0.25) is 0 Å². The SMILES string of the molecule is COc1ccc(N2C(=O)O/C(=C\c3cc(Cl)c(OP(=O)(O)O)c(Cl)c3)C2=O)cc1. The number of carbonyl (C=O) groups excluding carboxylic acids is 2. The second-order valence-electron chi connectivity index (χ2n) is 5.61. The Kier molecular flexibility index (Phi) is 5.88. The number of anilines is 1. The number of imide groups is 1. The zero-order valence-corrected chi connectivity index (χ0v) is 16.9. The van der Waals surface area contributed by atoms with Gasteiger partial charge in [-0.2, -0.15) is 0 Å². The quantitative estimate of drug-likeness (QED) is 0.507. The summed E-state index contributed by atoms with van der Waals surface area (Å²) in [5, 5.41) is -0.423. The summed E-state index contributed by atoms with van der Waals surface area (Å²) in [7, 11) is -3.39. The fourth-order valence-electron chi connectivity index (χ4n) is 2.44. The molecule has 0 aromatic heterocycles. The Morgan fingerprint density at radius 1 is 1.10 bits per heavy atom. The third-order valence-corrected chi connectivity index (χ3v) is 4.63. The van der Waals surface area contributed by atoms with Gasteiger partial charge in [-0.05, 0) is 48.0 Å². The molecule has 2 aromatic rings.